The molecule has 0 spiro atoms. The van der Waals surface area contributed by atoms with E-state index in [1.807, 2.05) is 6.92 Å². The molecule has 19 heavy (non-hydrogen) atoms. The zero-order valence-electron chi connectivity index (χ0n) is 9.88. The molecule has 1 aromatic heterocycles. The molecule has 0 aliphatic carbocycles. The van der Waals surface area contributed by atoms with E-state index in [9.17, 15) is 4.79 Å². The molecule has 0 aromatic carbocycles. The highest BCUT2D eigenvalue weighted by molar-refractivity contribution is 9.14. The fraction of sp³-hybridized carbons (Fsp3) is 0.400. The van der Waals surface area contributed by atoms with E-state index in [-0.39, 0.29) is 11.9 Å². The van der Waals surface area contributed by atoms with Crippen LogP contribution in [0.5, 0.6) is 0 Å². The van der Waals surface area contributed by atoms with Gasteiger partial charge in [-0.3, -0.25) is 9.69 Å². The van der Waals surface area contributed by atoms with Gasteiger partial charge in [0, 0.05) is 11.5 Å². The van der Waals surface area contributed by atoms with Crippen molar-refractivity contribution in [3.8, 4) is 0 Å². The number of alkyl halides is 1. The first-order valence-corrected chi connectivity index (χ1v) is 9.22. The number of aliphatic imine (C=N–C) groups is 1. The molecule has 104 valence electrons. The van der Waals surface area contributed by atoms with E-state index < -0.39 is 10.4 Å². The van der Waals surface area contributed by atoms with Gasteiger partial charge in [0.15, 0.2) is 5.96 Å². The number of nitrogens with two attached hydrogens (primary N) is 1. The summed E-state index contributed by atoms with van der Waals surface area (Å²) in [4.78, 5) is 18.5. The van der Waals surface area contributed by atoms with Crippen LogP contribution in [0, 0.1) is 0 Å². The number of halogens is 4. The van der Waals surface area contributed by atoms with Gasteiger partial charge in [-0.2, -0.15) is 0 Å². The first kappa shape index (κ1) is 15.9. The fourth-order valence-corrected chi connectivity index (χ4v) is 5.97. The van der Waals surface area contributed by atoms with Gasteiger partial charge >= 0.3 is 0 Å². The fourth-order valence-electron chi connectivity index (χ4n) is 1.75. The van der Waals surface area contributed by atoms with Crippen LogP contribution in [0.3, 0.4) is 0 Å². The van der Waals surface area contributed by atoms with Crippen LogP contribution in [0.2, 0.25) is 0 Å². The minimum atomic E-state index is -0.744. The number of nitrogens with zero attached hydrogens (tertiary/aromatic N) is 2. The molecule has 0 radical (unpaired) electrons. The van der Waals surface area contributed by atoms with E-state index in [1.54, 1.807) is 7.05 Å². The molecule has 9 heteroatoms. The third-order valence-electron chi connectivity index (χ3n) is 2.95. The molecule has 2 N–H and O–H groups in total. The quantitative estimate of drug-likeness (QED) is 0.553. The van der Waals surface area contributed by atoms with Crippen molar-refractivity contribution in [2.45, 2.75) is 17.3 Å². The lowest BCUT2D eigenvalue weighted by molar-refractivity contribution is -0.127. The first-order chi connectivity index (χ1) is 8.70. The second-order valence-corrected chi connectivity index (χ2v) is 9.05. The minimum absolute atomic E-state index is 0.109. The Balaban J connectivity index is 2.64. The third kappa shape index (κ3) is 2.45. The van der Waals surface area contributed by atoms with Gasteiger partial charge in [-0.25, -0.2) is 4.99 Å². The van der Waals surface area contributed by atoms with E-state index in [0.29, 0.717) is 0 Å². The summed E-state index contributed by atoms with van der Waals surface area (Å²) in [5.41, 5.74) is 5.09. The Morgan fingerprint density at radius 3 is 2.42 bits per heavy atom. The van der Waals surface area contributed by atoms with Crippen LogP contribution < -0.4 is 5.73 Å². The first-order valence-electron chi connectivity index (χ1n) is 5.11. The largest absolute Gasteiger partial charge is 0.369 e. The molecule has 4 nitrogen and oxygen atoms in total. The molecule has 2 rings (SSSR count). The van der Waals surface area contributed by atoms with Crippen molar-refractivity contribution < 1.29 is 4.79 Å². The zero-order valence-corrected chi connectivity index (χ0v) is 17.0. The Bertz CT molecular complexity index is 588. The third-order valence-corrected chi connectivity index (χ3v) is 9.49. The maximum atomic E-state index is 12.2. The summed E-state index contributed by atoms with van der Waals surface area (Å²) in [6.07, 6.45) is 0. The van der Waals surface area contributed by atoms with Crippen molar-refractivity contribution in [2.75, 3.05) is 7.05 Å². The molecule has 2 heterocycles. The maximum absolute atomic E-state index is 12.2. The van der Waals surface area contributed by atoms with Gasteiger partial charge in [0.1, 0.15) is 10.4 Å². The molecule has 1 aliphatic rings. The molecule has 0 fully saturated rings. The van der Waals surface area contributed by atoms with Gasteiger partial charge < -0.3 is 5.73 Å². The number of carbonyl (C=O) groups excluding carboxylic acids is 1. The second-order valence-electron chi connectivity index (χ2n) is 4.21. The highest BCUT2D eigenvalue weighted by atomic mass is 79.9. The van der Waals surface area contributed by atoms with Crippen molar-refractivity contribution in [3.63, 3.8) is 0 Å². The van der Waals surface area contributed by atoms with Crippen molar-refractivity contribution in [3.05, 3.63) is 17.6 Å². The van der Waals surface area contributed by atoms with Crippen molar-refractivity contribution in [1.82, 2.24) is 4.90 Å². The van der Waals surface area contributed by atoms with Crippen LogP contribution in [0.15, 0.2) is 17.7 Å². The van der Waals surface area contributed by atoms with Crippen molar-refractivity contribution >= 4 is 86.9 Å². The van der Waals surface area contributed by atoms with E-state index in [2.05, 4.69) is 68.7 Å². The minimum Gasteiger partial charge on any atom is -0.369 e. The number of carbonyl (C=O) groups is 1. The molecule has 0 unspecified atom stereocenters. The summed E-state index contributed by atoms with van der Waals surface area (Å²) in [6, 6.07) is 0. The molecule has 2 atom stereocenters. The Labute approximate surface area is 148 Å². The van der Waals surface area contributed by atoms with E-state index >= 15 is 0 Å². The van der Waals surface area contributed by atoms with Crippen molar-refractivity contribution in [2.24, 2.45) is 10.7 Å². The average molecular weight is 539 g/mol. The molecule has 1 aliphatic heterocycles. The lowest BCUT2D eigenvalue weighted by Crippen LogP contribution is -2.54. The average Bonchev–Trinajstić information content (AvgIpc) is 2.62. The smallest absolute Gasteiger partial charge is 0.245 e. The SMILES string of the molecule is CN1C(=O)[C@@H](Br)[C@@](C)(c2sc(Br)c(Br)c2Br)N=C1N. The summed E-state index contributed by atoms with van der Waals surface area (Å²) in [5, 5.41) is 0. The van der Waals surface area contributed by atoms with E-state index in [0.717, 1.165) is 17.6 Å². The predicted molar refractivity (Wildman–Crippen MR) is 91.9 cm³/mol. The van der Waals surface area contributed by atoms with E-state index in [4.69, 9.17) is 5.73 Å². The number of hydrogen-bond acceptors (Lipinski definition) is 4. The topological polar surface area (TPSA) is 58.7 Å². The molecule has 1 amide bonds. The highest BCUT2D eigenvalue weighted by Gasteiger charge is 2.47. The standard InChI is InChI=1S/C10H9Br4N3OS/c1-10(6-3(11)4(12)7(14)19-6)5(13)8(18)17(2)9(15)16-10/h5H,1-2H3,(H2,15,16)/t5-,10+/m1/s1. The predicted octanol–water partition coefficient (Wildman–Crippen LogP) is 3.80. The van der Waals surface area contributed by atoms with Crippen LogP contribution in [0.4, 0.5) is 0 Å². The summed E-state index contributed by atoms with van der Waals surface area (Å²) in [7, 11) is 1.62. The lowest BCUT2D eigenvalue weighted by Gasteiger charge is -2.37. The molecule has 0 bridgehead atoms. The van der Waals surface area contributed by atoms with Gasteiger partial charge in [-0.15, -0.1) is 11.3 Å². The summed E-state index contributed by atoms with van der Waals surface area (Å²) in [5.74, 6) is 0.110. The van der Waals surface area contributed by atoms with Crippen LogP contribution in [0.1, 0.15) is 11.8 Å². The Kier molecular flexibility index (Phi) is 4.53. The van der Waals surface area contributed by atoms with Crippen LogP contribution in [0.25, 0.3) is 0 Å². The number of hydrogen-bond donors (Lipinski definition) is 1. The Morgan fingerprint density at radius 2 is 1.95 bits per heavy atom. The van der Waals surface area contributed by atoms with Gasteiger partial charge in [-0.1, -0.05) is 15.9 Å². The van der Waals surface area contributed by atoms with Gasteiger partial charge in [0.05, 0.1) is 13.1 Å². The van der Waals surface area contributed by atoms with Crippen molar-refractivity contribution in [1.29, 1.82) is 0 Å². The van der Waals surface area contributed by atoms with Crippen LogP contribution in [-0.2, 0) is 10.3 Å². The van der Waals surface area contributed by atoms with Gasteiger partial charge in [0.25, 0.3) is 0 Å². The highest BCUT2D eigenvalue weighted by Crippen LogP contribution is 2.50. The number of guanidine groups is 1. The van der Waals surface area contributed by atoms with Gasteiger partial charge in [-0.05, 0) is 54.7 Å². The molecule has 0 saturated carbocycles. The number of rotatable bonds is 1. The molecular weight excluding hydrogens is 530 g/mol. The van der Waals surface area contributed by atoms with Gasteiger partial charge in [0.2, 0.25) is 5.91 Å². The normalized spacial score (nSPS) is 27.7. The summed E-state index contributed by atoms with van der Waals surface area (Å²) < 4.78 is 2.73. The Hall–Kier alpha value is 0.560. The summed E-state index contributed by atoms with van der Waals surface area (Å²) in [6.45, 7) is 1.89. The lowest BCUT2D eigenvalue weighted by atomic mass is 9.94. The molecule has 0 saturated heterocycles. The van der Waals surface area contributed by atoms with Crippen LogP contribution in [-0.4, -0.2) is 28.6 Å². The maximum Gasteiger partial charge on any atom is 0.245 e. The number of amides is 1. The monoisotopic (exact) mass is 535 g/mol. The molecular formula is C10H9Br4N3OS. The number of thiophene rings is 1. The Morgan fingerprint density at radius 1 is 1.37 bits per heavy atom. The zero-order chi connectivity index (χ0) is 14.5. The van der Waals surface area contributed by atoms with Crippen LogP contribution >= 0.6 is 75.1 Å². The second kappa shape index (κ2) is 5.40. The molecule has 1 aromatic rings. The van der Waals surface area contributed by atoms with E-state index in [1.165, 1.54) is 16.2 Å². The summed E-state index contributed by atoms with van der Waals surface area (Å²) >= 11 is 15.4.